The Kier molecular flexibility index (Phi) is 3.06. The van der Waals surface area contributed by atoms with Crippen molar-refractivity contribution in [2.45, 2.75) is 0 Å². The third-order valence-corrected chi connectivity index (χ3v) is 5.16. The summed E-state index contributed by atoms with van der Waals surface area (Å²) >= 11 is 11.3. The van der Waals surface area contributed by atoms with Gasteiger partial charge in [-0.2, -0.15) is 0 Å². The van der Waals surface area contributed by atoms with Crippen molar-refractivity contribution in [1.82, 2.24) is 0 Å². The SMILES string of the molecule is Nc1cc(-c2csc3c(Br)cccc23)ccc1Cl. The molecule has 0 atom stereocenters. The van der Waals surface area contributed by atoms with E-state index in [2.05, 4.69) is 33.4 Å². The molecule has 0 radical (unpaired) electrons. The predicted molar refractivity (Wildman–Crippen MR) is 84.4 cm³/mol. The Morgan fingerprint density at radius 1 is 1.17 bits per heavy atom. The number of halogens is 2. The summed E-state index contributed by atoms with van der Waals surface area (Å²) in [6.45, 7) is 0. The maximum absolute atomic E-state index is 5.96. The van der Waals surface area contributed by atoms with E-state index in [0.29, 0.717) is 10.7 Å². The van der Waals surface area contributed by atoms with Crippen LogP contribution in [0.3, 0.4) is 0 Å². The number of benzene rings is 2. The molecule has 2 aromatic carbocycles. The first-order chi connectivity index (χ1) is 8.66. The van der Waals surface area contributed by atoms with E-state index in [1.165, 1.54) is 15.6 Å². The Morgan fingerprint density at radius 2 is 2.00 bits per heavy atom. The van der Waals surface area contributed by atoms with Crippen LogP contribution >= 0.6 is 38.9 Å². The van der Waals surface area contributed by atoms with Gasteiger partial charge in [-0.3, -0.25) is 0 Å². The first-order valence-corrected chi connectivity index (χ1v) is 7.43. The van der Waals surface area contributed by atoms with Crippen molar-refractivity contribution < 1.29 is 0 Å². The molecule has 4 heteroatoms. The molecule has 3 rings (SSSR count). The highest BCUT2D eigenvalue weighted by atomic mass is 79.9. The molecular weight excluding hydrogens is 330 g/mol. The van der Waals surface area contributed by atoms with Crippen LogP contribution in [0.25, 0.3) is 21.2 Å². The molecule has 1 heterocycles. The van der Waals surface area contributed by atoms with Crippen molar-refractivity contribution in [3.63, 3.8) is 0 Å². The standard InChI is InChI=1S/C14H9BrClNS/c15-11-3-1-2-9-10(7-18-14(9)11)8-4-5-12(16)13(17)6-8/h1-7H,17H2. The van der Waals surface area contributed by atoms with Gasteiger partial charge in [0.25, 0.3) is 0 Å². The lowest BCUT2D eigenvalue weighted by molar-refractivity contribution is 1.66. The van der Waals surface area contributed by atoms with Gasteiger partial charge in [-0.1, -0.05) is 29.8 Å². The van der Waals surface area contributed by atoms with Crippen molar-refractivity contribution in [2.75, 3.05) is 5.73 Å². The molecule has 0 saturated carbocycles. The summed E-state index contributed by atoms with van der Waals surface area (Å²) in [6.07, 6.45) is 0. The van der Waals surface area contributed by atoms with Crippen molar-refractivity contribution in [1.29, 1.82) is 0 Å². The summed E-state index contributed by atoms with van der Waals surface area (Å²) in [5.41, 5.74) is 8.77. The molecular formula is C14H9BrClNS. The quantitative estimate of drug-likeness (QED) is 0.577. The number of fused-ring (bicyclic) bond motifs is 1. The topological polar surface area (TPSA) is 26.0 Å². The number of rotatable bonds is 1. The highest BCUT2D eigenvalue weighted by Crippen LogP contribution is 2.38. The number of nitrogens with two attached hydrogens (primary N) is 1. The minimum atomic E-state index is 0.597. The van der Waals surface area contributed by atoms with E-state index in [-0.39, 0.29) is 0 Å². The Labute approximate surface area is 122 Å². The molecule has 0 bridgehead atoms. The summed E-state index contributed by atoms with van der Waals surface area (Å²) in [4.78, 5) is 0. The van der Waals surface area contributed by atoms with Crippen molar-refractivity contribution >= 4 is 54.6 Å². The van der Waals surface area contributed by atoms with Crippen LogP contribution < -0.4 is 5.73 Å². The molecule has 2 N–H and O–H groups in total. The van der Waals surface area contributed by atoms with Gasteiger partial charge in [-0.25, -0.2) is 0 Å². The number of thiophene rings is 1. The Hall–Kier alpha value is -1.03. The summed E-state index contributed by atoms with van der Waals surface area (Å²) in [7, 11) is 0. The summed E-state index contributed by atoms with van der Waals surface area (Å²) < 4.78 is 2.37. The summed E-state index contributed by atoms with van der Waals surface area (Å²) in [6, 6.07) is 12.0. The van der Waals surface area contributed by atoms with Gasteiger partial charge in [-0.15, -0.1) is 11.3 Å². The summed E-state index contributed by atoms with van der Waals surface area (Å²) in [5, 5.41) is 3.98. The zero-order valence-corrected chi connectivity index (χ0v) is 12.4. The molecule has 90 valence electrons. The number of hydrogen-bond donors (Lipinski definition) is 1. The van der Waals surface area contributed by atoms with E-state index >= 15 is 0 Å². The van der Waals surface area contributed by atoms with Crippen LogP contribution in [0.4, 0.5) is 5.69 Å². The van der Waals surface area contributed by atoms with E-state index in [4.69, 9.17) is 17.3 Å². The minimum absolute atomic E-state index is 0.597. The van der Waals surface area contributed by atoms with E-state index in [9.17, 15) is 0 Å². The lowest BCUT2D eigenvalue weighted by Gasteiger charge is -2.03. The van der Waals surface area contributed by atoms with Gasteiger partial charge >= 0.3 is 0 Å². The molecule has 0 aliphatic rings. The third kappa shape index (κ3) is 1.92. The van der Waals surface area contributed by atoms with Crippen LogP contribution in [0.15, 0.2) is 46.3 Å². The van der Waals surface area contributed by atoms with Gasteiger partial charge in [-0.05, 0) is 45.1 Å². The van der Waals surface area contributed by atoms with Crippen molar-refractivity contribution in [3.05, 3.63) is 51.3 Å². The lowest BCUT2D eigenvalue weighted by Crippen LogP contribution is -1.86. The molecule has 0 aliphatic carbocycles. The average Bonchev–Trinajstić information content (AvgIpc) is 2.78. The molecule has 0 aliphatic heterocycles. The number of nitrogen functional groups attached to an aromatic ring is 1. The van der Waals surface area contributed by atoms with E-state index in [0.717, 1.165) is 10.0 Å². The zero-order chi connectivity index (χ0) is 12.7. The van der Waals surface area contributed by atoms with Gasteiger partial charge < -0.3 is 5.73 Å². The first-order valence-electron chi connectivity index (χ1n) is 5.38. The van der Waals surface area contributed by atoms with Crippen LogP contribution in [-0.4, -0.2) is 0 Å². The average molecular weight is 339 g/mol. The van der Waals surface area contributed by atoms with Crippen LogP contribution in [0.5, 0.6) is 0 Å². The maximum atomic E-state index is 5.96. The Morgan fingerprint density at radius 3 is 2.78 bits per heavy atom. The van der Waals surface area contributed by atoms with Crippen LogP contribution in [0.1, 0.15) is 0 Å². The predicted octanol–water partition coefficient (Wildman–Crippen LogP) is 5.57. The van der Waals surface area contributed by atoms with Gasteiger partial charge in [0.15, 0.2) is 0 Å². The van der Waals surface area contributed by atoms with Crippen LogP contribution in [0.2, 0.25) is 5.02 Å². The highest BCUT2D eigenvalue weighted by Gasteiger charge is 2.09. The van der Waals surface area contributed by atoms with Crippen LogP contribution in [0, 0.1) is 0 Å². The lowest BCUT2D eigenvalue weighted by atomic mass is 10.0. The largest absolute Gasteiger partial charge is 0.398 e. The second-order valence-corrected chi connectivity index (χ2v) is 6.14. The van der Waals surface area contributed by atoms with Gasteiger partial charge in [0.2, 0.25) is 0 Å². The number of hydrogen-bond acceptors (Lipinski definition) is 2. The smallest absolute Gasteiger partial charge is 0.0635 e. The monoisotopic (exact) mass is 337 g/mol. The van der Waals surface area contributed by atoms with E-state index in [1.807, 2.05) is 24.3 Å². The molecule has 1 nitrogen and oxygen atoms in total. The molecule has 0 spiro atoms. The number of anilines is 1. The molecule has 1 aromatic heterocycles. The fraction of sp³-hybridized carbons (Fsp3) is 0. The second-order valence-electron chi connectivity index (χ2n) is 4.00. The molecule has 0 saturated heterocycles. The fourth-order valence-electron chi connectivity index (χ4n) is 1.96. The molecule has 0 amide bonds. The zero-order valence-electron chi connectivity index (χ0n) is 9.28. The van der Waals surface area contributed by atoms with Crippen molar-refractivity contribution in [3.8, 4) is 11.1 Å². The molecule has 18 heavy (non-hydrogen) atoms. The normalized spacial score (nSPS) is 11.0. The first kappa shape index (κ1) is 12.0. The Balaban J connectivity index is 2.25. The van der Waals surface area contributed by atoms with E-state index < -0.39 is 0 Å². The van der Waals surface area contributed by atoms with Gasteiger partial charge in [0.05, 0.1) is 10.7 Å². The molecule has 3 aromatic rings. The van der Waals surface area contributed by atoms with Gasteiger partial charge in [0, 0.05) is 20.1 Å². The maximum Gasteiger partial charge on any atom is 0.0635 e. The third-order valence-electron chi connectivity index (χ3n) is 2.86. The molecule has 0 unspecified atom stereocenters. The van der Waals surface area contributed by atoms with Crippen LogP contribution in [-0.2, 0) is 0 Å². The minimum Gasteiger partial charge on any atom is -0.398 e. The van der Waals surface area contributed by atoms with Crippen molar-refractivity contribution in [2.24, 2.45) is 0 Å². The Bertz CT molecular complexity index is 736. The van der Waals surface area contributed by atoms with Gasteiger partial charge in [0.1, 0.15) is 0 Å². The molecule has 0 fully saturated rings. The van der Waals surface area contributed by atoms with E-state index in [1.54, 1.807) is 11.3 Å². The second kappa shape index (κ2) is 4.57. The summed E-state index contributed by atoms with van der Waals surface area (Å²) in [5.74, 6) is 0. The fourth-order valence-corrected chi connectivity index (χ4v) is 3.71. The highest BCUT2D eigenvalue weighted by molar-refractivity contribution is 9.10.